The summed E-state index contributed by atoms with van der Waals surface area (Å²) < 4.78 is 122. The number of halogens is 9. The molecule has 0 saturated carbocycles. The van der Waals surface area contributed by atoms with Gasteiger partial charge in [0.1, 0.15) is 0 Å². The minimum absolute atomic E-state index is 0.549. The summed E-state index contributed by atoms with van der Waals surface area (Å²) in [5.74, 6) is -27.4. The van der Waals surface area contributed by atoms with E-state index in [-0.39, 0.29) is 0 Å². The van der Waals surface area contributed by atoms with Gasteiger partial charge < -0.3 is 5.73 Å². The number of hydrogen-bond acceptors (Lipinski definition) is 4. The fourth-order valence-electron chi connectivity index (χ4n) is 1.56. The van der Waals surface area contributed by atoms with Crippen molar-refractivity contribution in [3.8, 4) is 0 Å². The standard InChI is InChI=1S/C9H4F9N3OS/c10-5(11,3(19)21-4-20-1-2-23-4)8(16)6(12,13)7(14,15)9(17,18)22-8/h1-2H,(H2,19,20,21)/t8-/m1/s1. The minimum atomic E-state index is -6.60. The average Bonchev–Trinajstić information content (AvgIpc) is 2.92. The fraction of sp³-hybridized carbons (Fsp3) is 0.556. The Hall–Kier alpha value is -1.57. The molecule has 0 unspecified atom stereocenters. The molecule has 1 fully saturated rings. The second-order valence-electron chi connectivity index (χ2n) is 4.25. The first-order valence-corrected chi connectivity index (χ1v) is 6.23. The predicted molar refractivity (Wildman–Crippen MR) is 58.1 cm³/mol. The molecule has 0 radical (unpaired) electrons. The SMILES string of the molecule is NC(=Nc1nccs1)C(F)(F)[C@@]1(F)OC(F)(F)C(F)(F)C1(F)F. The van der Waals surface area contributed by atoms with Crippen LogP contribution >= 0.6 is 11.3 Å². The minimum Gasteiger partial charge on any atom is -0.382 e. The van der Waals surface area contributed by atoms with Gasteiger partial charge in [-0.15, -0.1) is 11.3 Å². The number of alkyl halides is 9. The van der Waals surface area contributed by atoms with E-state index in [1.165, 1.54) is 5.38 Å². The van der Waals surface area contributed by atoms with Gasteiger partial charge in [0.15, 0.2) is 5.84 Å². The molecule has 1 aromatic rings. The first-order chi connectivity index (χ1) is 10.2. The van der Waals surface area contributed by atoms with Crippen LogP contribution in [0.5, 0.6) is 0 Å². The van der Waals surface area contributed by atoms with Crippen LogP contribution in [0.2, 0.25) is 0 Å². The van der Waals surface area contributed by atoms with Gasteiger partial charge in [-0.05, 0) is 0 Å². The van der Waals surface area contributed by atoms with E-state index < -0.39 is 40.7 Å². The molecule has 4 nitrogen and oxygen atoms in total. The van der Waals surface area contributed by atoms with Crippen LogP contribution in [0.4, 0.5) is 44.6 Å². The van der Waals surface area contributed by atoms with Crippen molar-refractivity contribution in [2.24, 2.45) is 10.7 Å². The third-order valence-corrected chi connectivity index (χ3v) is 3.46. The van der Waals surface area contributed by atoms with Crippen molar-refractivity contribution in [2.45, 2.75) is 29.7 Å². The summed E-state index contributed by atoms with van der Waals surface area (Å²) in [7, 11) is 0. The van der Waals surface area contributed by atoms with Crippen LogP contribution in [-0.2, 0) is 4.74 Å². The molecule has 2 rings (SSSR count). The van der Waals surface area contributed by atoms with Crippen molar-refractivity contribution >= 4 is 22.3 Å². The average molecular weight is 373 g/mol. The Kier molecular flexibility index (Phi) is 3.65. The lowest BCUT2D eigenvalue weighted by Crippen LogP contribution is -2.64. The van der Waals surface area contributed by atoms with Crippen LogP contribution in [0.3, 0.4) is 0 Å². The van der Waals surface area contributed by atoms with Crippen molar-refractivity contribution in [1.82, 2.24) is 4.98 Å². The number of rotatable bonds is 3. The van der Waals surface area contributed by atoms with Crippen LogP contribution in [0.1, 0.15) is 0 Å². The first-order valence-electron chi connectivity index (χ1n) is 5.35. The summed E-state index contributed by atoms with van der Waals surface area (Å²) >= 11 is 0.549. The smallest absolute Gasteiger partial charge is 0.382 e. The lowest BCUT2D eigenvalue weighted by atomic mass is 9.99. The van der Waals surface area contributed by atoms with E-state index in [0.717, 1.165) is 6.20 Å². The molecule has 0 aliphatic carbocycles. The van der Waals surface area contributed by atoms with Crippen LogP contribution in [0, 0.1) is 0 Å². The zero-order valence-corrected chi connectivity index (χ0v) is 11.2. The summed E-state index contributed by atoms with van der Waals surface area (Å²) in [6.07, 6.45) is -5.18. The number of aromatic nitrogens is 1. The van der Waals surface area contributed by atoms with Crippen molar-refractivity contribution < 1.29 is 44.3 Å². The van der Waals surface area contributed by atoms with E-state index in [9.17, 15) is 39.5 Å². The van der Waals surface area contributed by atoms with Crippen molar-refractivity contribution in [3.63, 3.8) is 0 Å². The van der Waals surface area contributed by atoms with Gasteiger partial charge in [-0.25, -0.2) is 4.98 Å². The lowest BCUT2D eigenvalue weighted by Gasteiger charge is -2.32. The van der Waals surface area contributed by atoms with E-state index in [1.807, 2.05) is 0 Å². The van der Waals surface area contributed by atoms with Crippen LogP contribution in [0.25, 0.3) is 0 Å². The number of nitrogens with zero attached hydrogens (tertiary/aromatic N) is 2. The highest BCUT2D eigenvalue weighted by Crippen LogP contribution is 2.64. The lowest BCUT2D eigenvalue weighted by molar-refractivity contribution is -0.362. The first kappa shape index (κ1) is 17.8. The number of amidine groups is 1. The van der Waals surface area contributed by atoms with E-state index in [0.29, 0.717) is 11.3 Å². The molecule has 0 aromatic carbocycles. The van der Waals surface area contributed by atoms with Crippen LogP contribution in [-0.4, -0.2) is 40.6 Å². The molecule has 1 aliphatic rings. The summed E-state index contributed by atoms with van der Waals surface area (Å²) in [5, 5.41) is 0.601. The normalized spacial score (nSPS) is 29.7. The third-order valence-electron chi connectivity index (χ3n) is 2.79. The second-order valence-corrected chi connectivity index (χ2v) is 5.12. The fourth-order valence-corrected chi connectivity index (χ4v) is 2.08. The monoisotopic (exact) mass is 373 g/mol. The highest BCUT2D eigenvalue weighted by atomic mass is 32.1. The van der Waals surface area contributed by atoms with Gasteiger partial charge in [-0.1, -0.05) is 0 Å². The Balaban J connectivity index is 2.54. The molecule has 130 valence electrons. The highest BCUT2D eigenvalue weighted by molar-refractivity contribution is 7.13. The van der Waals surface area contributed by atoms with E-state index >= 15 is 0 Å². The molecule has 0 amide bonds. The number of nitrogens with two attached hydrogens (primary N) is 1. The zero-order valence-electron chi connectivity index (χ0n) is 10.3. The van der Waals surface area contributed by atoms with E-state index in [2.05, 4.69) is 20.4 Å². The van der Waals surface area contributed by atoms with Gasteiger partial charge >= 0.3 is 29.7 Å². The number of thiazole rings is 1. The van der Waals surface area contributed by atoms with Gasteiger partial charge in [-0.2, -0.15) is 44.5 Å². The van der Waals surface area contributed by atoms with Gasteiger partial charge in [0, 0.05) is 11.6 Å². The number of aliphatic imine (C=N–C) groups is 1. The Labute approximate surface area is 124 Å². The maximum Gasteiger partial charge on any atom is 0.428 e. The van der Waals surface area contributed by atoms with Gasteiger partial charge in [0.2, 0.25) is 5.13 Å². The maximum absolute atomic E-state index is 13.9. The maximum atomic E-state index is 13.9. The number of ether oxygens (including phenoxy) is 1. The molecule has 14 heteroatoms. The molecule has 1 saturated heterocycles. The molecule has 0 spiro atoms. The molecule has 1 atom stereocenters. The second kappa shape index (κ2) is 4.72. The van der Waals surface area contributed by atoms with Crippen molar-refractivity contribution in [2.75, 3.05) is 0 Å². The molecular weight excluding hydrogens is 369 g/mol. The highest BCUT2D eigenvalue weighted by Gasteiger charge is 2.95. The molecule has 2 heterocycles. The Bertz CT molecular complexity index is 632. The molecule has 0 bridgehead atoms. The summed E-state index contributed by atoms with van der Waals surface area (Å²) in [4.78, 5) is 6.03. The molecule has 23 heavy (non-hydrogen) atoms. The third kappa shape index (κ3) is 2.10. The Morgan fingerprint density at radius 2 is 1.70 bits per heavy atom. The summed E-state index contributed by atoms with van der Waals surface area (Å²) in [5.41, 5.74) is 4.63. The molecule has 1 aliphatic heterocycles. The quantitative estimate of drug-likeness (QED) is 0.502. The predicted octanol–water partition coefficient (Wildman–Crippen LogP) is 3.33. The van der Waals surface area contributed by atoms with Crippen LogP contribution in [0.15, 0.2) is 16.6 Å². The van der Waals surface area contributed by atoms with Crippen molar-refractivity contribution in [3.05, 3.63) is 11.6 Å². The van der Waals surface area contributed by atoms with Gasteiger partial charge in [0.05, 0.1) is 0 Å². The molecule has 2 N–H and O–H groups in total. The summed E-state index contributed by atoms with van der Waals surface area (Å²) in [6, 6.07) is 0. The summed E-state index contributed by atoms with van der Waals surface area (Å²) in [6.45, 7) is 0. The van der Waals surface area contributed by atoms with Crippen LogP contribution < -0.4 is 5.73 Å². The molecular formula is C9H4F9N3OS. The van der Waals surface area contributed by atoms with E-state index in [1.54, 1.807) is 0 Å². The Morgan fingerprint density at radius 1 is 1.13 bits per heavy atom. The molecule has 1 aromatic heterocycles. The topological polar surface area (TPSA) is 60.5 Å². The largest absolute Gasteiger partial charge is 0.428 e. The van der Waals surface area contributed by atoms with Gasteiger partial charge in [-0.3, -0.25) is 4.74 Å². The van der Waals surface area contributed by atoms with Gasteiger partial charge in [0.25, 0.3) is 0 Å². The van der Waals surface area contributed by atoms with E-state index in [4.69, 9.17) is 0 Å². The zero-order chi connectivity index (χ0) is 17.9. The number of hydrogen-bond donors (Lipinski definition) is 1. The Morgan fingerprint density at radius 3 is 2.09 bits per heavy atom. The van der Waals surface area contributed by atoms with Crippen molar-refractivity contribution in [1.29, 1.82) is 0 Å².